The van der Waals surface area contributed by atoms with E-state index in [2.05, 4.69) is 15.8 Å². The van der Waals surface area contributed by atoms with Crippen molar-refractivity contribution in [2.24, 2.45) is 5.10 Å². The summed E-state index contributed by atoms with van der Waals surface area (Å²) in [5.74, 6) is 0.541. The van der Waals surface area contributed by atoms with Gasteiger partial charge in [0.1, 0.15) is 11.1 Å². The highest BCUT2D eigenvalue weighted by Crippen LogP contribution is 2.39. The van der Waals surface area contributed by atoms with E-state index in [1.54, 1.807) is 48.2 Å². The van der Waals surface area contributed by atoms with Crippen LogP contribution in [0.1, 0.15) is 51.0 Å². The Morgan fingerprint density at radius 3 is 2.33 bits per heavy atom. The molecule has 43 heavy (non-hydrogen) atoms. The molecular weight excluding hydrogens is 560 g/mol. The van der Waals surface area contributed by atoms with Crippen LogP contribution in [0.15, 0.2) is 114 Å². The Morgan fingerprint density at radius 1 is 0.953 bits per heavy atom. The molecule has 1 aliphatic rings. The second-order valence-electron chi connectivity index (χ2n) is 10.0. The smallest absolute Gasteiger partial charge is 0.271 e. The number of nitrogens with zero attached hydrogens (tertiary/aromatic N) is 2. The summed E-state index contributed by atoms with van der Waals surface area (Å²) in [4.78, 5) is 39.3. The van der Waals surface area contributed by atoms with Gasteiger partial charge in [-0.3, -0.25) is 14.4 Å². The van der Waals surface area contributed by atoms with Gasteiger partial charge in [-0.15, -0.1) is 11.8 Å². The van der Waals surface area contributed by atoms with Gasteiger partial charge in [-0.25, -0.2) is 5.43 Å². The molecule has 9 heteroatoms. The Kier molecular flexibility index (Phi) is 9.86. The van der Waals surface area contributed by atoms with E-state index in [4.69, 9.17) is 4.74 Å². The number of hydrogen-bond acceptors (Lipinski definition) is 6. The number of hydrogen-bond donors (Lipinski definition) is 2. The lowest BCUT2D eigenvalue weighted by Crippen LogP contribution is -2.31. The van der Waals surface area contributed by atoms with Crippen molar-refractivity contribution in [2.75, 3.05) is 12.4 Å². The summed E-state index contributed by atoms with van der Waals surface area (Å²) >= 11 is 1.59. The number of amides is 3. The van der Waals surface area contributed by atoms with E-state index in [1.165, 1.54) is 6.21 Å². The third kappa shape index (κ3) is 8.11. The van der Waals surface area contributed by atoms with Crippen molar-refractivity contribution in [1.82, 2.24) is 15.6 Å². The molecule has 0 aliphatic carbocycles. The van der Waals surface area contributed by atoms with Crippen molar-refractivity contribution < 1.29 is 19.1 Å². The molecule has 0 radical (unpaired) electrons. The minimum Gasteiger partial charge on any atom is -0.484 e. The largest absolute Gasteiger partial charge is 0.484 e. The Balaban J connectivity index is 1.08. The van der Waals surface area contributed by atoms with E-state index in [1.807, 2.05) is 84.6 Å². The third-order valence-corrected chi connectivity index (χ3v) is 8.18. The average Bonchev–Trinajstić information content (AvgIpc) is 3.40. The van der Waals surface area contributed by atoms with Gasteiger partial charge in [0.15, 0.2) is 6.61 Å². The maximum atomic E-state index is 12.6. The molecule has 3 amide bonds. The van der Waals surface area contributed by atoms with Gasteiger partial charge < -0.3 is 15.0 Å². The van der Waals surface area contributed by atoms with Gasteiger partial charge in [-0.1, -0.05) is 72.8 Å². The minimum atomic E-state index is -0.338. The lowest BCUT2D eigenvalue weighted by Gasteiger charge is -2.24. The maximum absolute atomic E-state index is 12.6. The zero-order chi connectivity index (χ0) is 30.0. The fourth-order valence-corrected chi connectivity index (χ4v) is 5.81. The fourth-order valence-electron chi connectivity index (χ4n) is 4.62. The van der Waals surface area contributed by atoms with Gasteiger partial charge in [0.05, 0.1) is 18.0 Å². The van der Waals surface area contributed by atoms with Gasteiger partial charge in [0, 0.05) is 12.1 Å². The quantitative estimate of drug-likeness (QED) is 0.178. The van der Waals surface area contributed by atoms with Crippen LogP contribution >= 0.6 is 11.8 Å². The van der Waals surface area contributed by atoms with Crippen molar-refractivity contribution in [3.05, 3.63) is 137 Å². The topological polar surface area (TPSA) is 100 Å². The predicted molar refractivity (Wildman–Crippen MR) is 169 cm³/mol. The fraction of sp³-hybridized carbons (Fsp3) is 0.176. The Hall–Kier alpha value is -4.89. The first-order valence-electron chi connectivity index (χ1n) is 13.9. The lowest BCUT2D eigenvalue weighted by molar-refractivity contribution is -0.128. The van der Waals surface area contributed by atoms with Crippen molar-refractivity contribution >= 4 is 35.7 Å². The molecule has 2 atom stereocenters. The highest BCUT2D eigenvalue weighted by atomic mass is 32.2. The summed E-state index contributed by atoms with van der Waals surface area (Å²) in [7, 11) is 0. The first-order valence-corrected chi connectivity index (χ1v) is 15.0. The molecule has 5 rings (SSSR count). The van der Waals surface area contributed by atoms with Crippen LogP contribution in [0.3, 0.4) is 0 Å². The van der Waals surface area contributed by atoms with Gasteiger partial charge in [-0.05, 0) is 65.6 Å². The standard InChI is InChI=1S/C34H32N4O4S/c1-24(27-10-6-3-7-11-27)36-31(39)22-42-30-18-12-25(13-19-30)20-35-37-33(41)28-14-16-29(17-15-28)34-38(32(40)23-43-34)21-26-8-4-2-5-9-26/h2-20,24,34H,21-23H2,1H3,(H,36,39)(H,37,41)/b35-20-/t24-,34-/m0/s1. The Labute approximate surface area is 255 Å². The maximum Gasteiger partial charge on any atom is 0.271 e. The molecule has 4 aromatic carbocycles. The number of benzene rings is 4. The van der Waals surface area contributed by atoms with E-state index in [-0.39, 0.29) is 35.7 Å². The monoisotopic (exact) mass is 592 g/mol. The molecule has 0 spiro atoms. The van der Waals surface area contributed by atoms with Crippen molar-refractivity contribution in [3.63, 3.8) is 0 Å². The number of rotatable bonds is 11. The summed E-state index contributed by atoms with van der Waals surface area (Å²) in [5.41, 5.74) is 6.84. The van der Waals surface area contributed by atoms with Gasteiger partial charge in [-0.2, -0.15) is 5.10 Å². The normalized spacial score (nSPS) is 15.3. The van der Waals surface area contributed by atoms with Crippen LogP contribution in [0.4, 0.5) is 0 Å². The van der Waals surface area contributed by atoms with E-state index in [0.29, 0.717) is 23.6 Å². The van der Waals surface area contributed by atoms with Crippen LogP contribution in [0.2, 0.25) is 0 Å². The van der Waals surface area contributed by atoms with Gasteiger partial charge in [0.2, 0.25) is 5.91 Å². The van der Waals surface area contributed by atoms with Crippen LogP contribution in [-0.2, 0) is 16.1 Å². The zero-order valence-corrected chi connectivity index (χ0v) is 24.5. The molecule has 0 unspecified atom stereocenters. The molecule has 4 aromatic rings. The number of nitrogens with one attached hydrogen (secondary N) is 2. The minimum absolute atomic E-state index is 0.0953. The van der Waals surface area contributed by atoms with E-state index in [9.17, 15) is 14.4 Å². The molecule has 1 heterocycles. The molecular formula is C34H32N4O4S. The van der Waals surface area contributed by atoms with Crippen molar-refractivity contribution in [1.29, 1.82) is 0 Å². The van der Waals surface area contributed by atoms with Crippen molar-refractivity contribution in [2.45, 2.75) is 24.9 Å². The number of ether oxygens (including phenoxy) is 1. The zero-order valence-electron chi connectivity index (χ0n) is 23.7. The molecule has 8 nitrogen and oxygen atoms in total. The summed E-state index contributed by atoms with van der Waals surface area (Å²) in [6.45, 7) is 2.37. The number of hydrazone groups is 1. The first-order chi connectivity index (χ1) is 21.0. The highest BCUT2D eigenvalue weighted by Gasteiger charge is 2.32. The molecule has 0 aromatic heterocycles. The second-order valence-corrected chi connectivity index (χ2v) is 11.1. The van der Waals surface area contributed by atoms with Crippen molar-refractivity contribution in [3.8, 4) is 5.75 Å². The van der Waals surface area contributed by atoms with Crippen LogP contribution < -0.4 is 15.5 Å². The molecule has 0 bridgehead atoms. The van der Waals surface area contributed by atoms with E-state index < -0.39 is 0 Å². The molecule has 1 aliphatic heterocycles. The van der Waals surface area contributed by atoms with E-state index >= 15 is 0 Å². The number of carbonyl (C=O) groups is 3. The van der Waals surface area contributed by atoms with Crippen LogP contribution in [0, 0.1) is 0 Å². The van der Waals surface area contributed by atoms with Crippen LogP contribution in [0.5, 0.6) is 5.75 Å². The molecule has 2 N–H and O–H groups in total. The lowest BCUT2D eigenvalue weighted by atomic mass is 10.1. The molecule has 0 saturated carbocycles. The van der Waals surface area contributed by atoms with Crippen LogP contribution in [0.25, 0.3) is 0 Å². The van der Waals surface area contributed by atoms with Gasteiger partial charge in [0.25, 0.3) is 11.8 Å². The summed E-state index contributed by atoms with van der Waals surface area (Å²) < 4.78 is 5.60. The molecule has 1 fully saturated rings. The number of carbonyl (C=O) groups excluding carboxylic acids is 3. The Bertz CT molecular complexity index is 1560. The summed E-state index contributed by atoms with van der Waals surface area (Å²) in [5, 5.41) is 6.89. The predicted octanol–water partition coefficient (Wildman–Crippen LogP) is 5.48. The SMILES string of the molecule is C[C@H](NC(=O)COc1ccc(/C=N\NC(=O)c2ccc([C@@H]3SCC(=O)N3Cc3ccccc3)cc2)cc1)c1ccccc1. The van der Waals surface area contributed by atoms with E-state index in [0.717, 1.165) is 22.3 Å². The Morgan fingerprint density at radius 2 is 1.63 bits per heavy atom. The molecule has 1 saturated heterocycles. The summed E-state index contributed by atoms with van der Waals surface area (Å²) in [6, 6.07) is 33.8. The van der Waals surface area contributed by atoms with Gasteiger partial charge >= 0.3 is 0 Å². The first kappa shape index (κ1) is 29.6. The third-order valence-electron chi connectivity index (χ3n) is 6.93. The number of thioether (sulfide) groups is 1. The summed E-state index contributed by atoms with van der Waals surface area (Å²) in [6.07, 6.45) is 1.53. The van der Waals surface area contributed by atoms with Crippen LogP contribution in [-0.4, -0.2) is 41.2 Å². The highest BCUT2D eigenvalue weighted by molar-refractivity contribution is 8.00. The molecule has 218 valence electrons. The average molecular weight is 593 g/mol. The second kappa shape index (κ2) is 14.3.